The Balaban J connectivity index is 0.000000277. The second kappa shape index (κ2) is 12.8. The Morgan fingerprint density at radius 2 is 1.67 bits per heavy atom. The standard InChI is InChI=1S/C12H14O3.C9H14O3/c1-2-15-12(14)11(13)9-8-10-6-4-3-5-7-10;1-2-12-9(11)7-5-3-4-6-8(7)10/h3-7H,2,8-9H2,1H3;7H,2-6H2,1H3. The minimum atomic E-state index is -0.728. The van der Waals surface area contributed by atoms with Crippen molar-refractivity contribution in [1.29, 1.82) is 0 Å². The highest BCUT2D eigenvalue weighted by Gasteiger charge is 2.29. The highest BCUT2D eigenvalue weighted by Crippen LogP contribution is 2.21. The van der Waals surface area contributed by atoms with E-state index >= 15 is 0 Å². The van der Waals surface area contributed by atoms with E-state index in [0.717, 1.165) is 18.4 Å². The second-order valence-corrected chi connectivity index (χ2v) is 6.15. The molecule has 148 valence electrons. The highest BCUT2D eigenvalue weighted by atomic mass is 16.5. The van der Waals surface area contributed by atoms with E-state index in [1.807, 2.05) is 30.3 Å². The molecule has 0 amide bonds. The van der Waals surface area contributed by atoms with Crippen molar-refractivity contribution in [2.24, 2.45) is 5.92 Å². The van der Waals surface area contributed by atoms with Gasteiger partial charge in [0.1, 0.15) is 11.7 Å². The fourth-order valence-electron chi connectivity index (χ4n) is 2.69. The normalized spacial score (nSPS) is 15.9. The topological polar surface area (TPSA) is 86.7 Å². The Morgan fingerprint density at radius 1 is 1.00 bits per heavy atom. The molecule has 0 bridgehead atoms. The third-order valence-corrected chi connectivity index (χ3v) is 4.11. The van der Waals surface area contributed by atoms with Gasteiger partial charge in [0.15, 0.2) is 0 Å². The van der Waals surface area contributed by atoms with Gasteiger partial charge in [0.2, 0.25) is 5.78 Å². The van der Waals surface area contributed by atoms with E-state index in [1.54, 1.807) is 13.8 Å². The maximum atomic E-state index is 11.2. The largest absolute Gasteiger partial charge is 0.465 e. The summed E-state index contributed by atoms with van der Waals surface area (Å²) in [5.41, 5.74) is 1.05. The molecule has 6 nitrogen and oxygen atoms in total. The van der Waals surface area contributed by atoms with Crippen LogP contribution in [0.5, 0.6) is 0 Å². The molecule has 0 aliphatic heterocycles. The fourth-order valence-corrected chi connectivity index (χ4v) is 2.69. The van der Waals surface area contributed by atoms with Crippen molar-refractivity contribution in [3.05, 3.63) is 35.9 Å². The van der Waals surface area contributed by atoms with E-state index in [0.29, 0.717) is 25.9 Å². The van der Waals surface area contributed by atoms with Gasteiger partial charge < -0.3 is 9.47 Å². The molecule has 1 atom stereocenters. The summed E-state index contributed by atoms with van der Waals surface area (Å²) >= 11 is 0. The lowest BCUT2D eigenvalue weighted by atomic mass is 9.88. The van der Waals surface area contributed by atoms with Crippen LogP contribution in [0.15, 0.2) is 30.3 Å². The number of hydrogen-bond donors (Lipinski definition) is 0. The third kappa shape index (κ3) is 8.62. The Morgan fingerprint density at radius 3 is 2.26 bits per heavy atom. The maximum absolute atomic E-state index is 11.2. The lowest BCUT2D eigenvalue weighted by molar-refractivity contribution is -0.153. The number of rotatable bonds is 7. The van der Waals surface area contributed by atoms with Crippen molar-refractivity contribution in [2.75, 3.05) is 13.2 Å². The number of benzene rings is 1. The minimum Gasteiger partial charge on any atom is -0.465 e. The Labute approximate surface area is 160 Å². The molecule has 0 saturated heterocycles. The van der Waals surface area contributed by atoms with Crippen LogP contribution in [0.1, 0.15) is 51.5 Å². The Bertz CT molecular complexity index is 623. The van der Waals surface area contributed by atoms with Gasteiger partial charge in [0.25, 0.3) is 0 Å². The van der Waals surface area contributed by atoms with Crippen LogP contribution in [0.25, 0.3) is 0 Å². The van der Waals surface area contributed by atoms with Gasteiger partial charge >= 0.3 is 11.9 Å². The van der Waals surface area contributed by atoms with Crippen molar-refractivity contribution in [3.8, 4) is 0 Å². The summed E-state index contributed by atoms with van der Waals surface area (Å²) in [6, 6.07) is 9.59. The van der Waals surface area contributed by atoms with E-state index in [-0.39, 0.29) is 24.8 Å². The lowest BCUT2D eigenvalue weighted by Crippen LogP contribution is -2.28. The summed E-state index contributed by atoms with van der Waals surface area (Å²) < 4.78 is 9.40. The fraction of sp³-hybridized carbons (Fsp3) is 0.524. The quantitative estimate of drug-likeness (QED) is 0.413. The number of hydrogen-bond acceptors (Lipinski definition) is 6. The molecule has 1 aromatic carbocycles. The molecule has 0 N–H and O–H groups in total. The zero-order chi connectivity index (χ0) is 20.1. The van der Waals surface area contributed by atoms with Crippen LogP contribution < -0.4 is 0 Å². The lowest BCUT2D eigenvalue weighted by Gasteiger charge is -2.18. The first-order chi connectivity index (χ1) is 13.0. The van der Waals surface area contributed by atoms with Gasteiger partial charge in [-0.2, -0.15) is 0 Å². The average molecular weight is 376 g/mol. The smallest absolute Gasteiger partial charge is 0.374 e. The monoisotopic (exact) mass is 376 g/mol. The molecule has 2 rings (SSSR count). The van der Waals surface area contributed by atoms with E-state index in [9.17, 15) is 19.2 Å². The van der Waals surface area contributed by atoms with Crippen LogP contribution in [0.4, 0.5) is 0 Å². The number of carbonyl (C=O) groups is 4. The van der Waals surface area contributed by atoms with Crippen molar-refractivity contribution >= 4 is 23.5 Å². The summed E-state index contributed by atoms with van der Waals surface area (Å²) in [6.45, 7) is 4.05. The summed E-state index contributed by atoms with van der Waals surface area (Å²) in [6.07, 6.45) is 3.91. The first-order valence-electron chi connectivity index (χ1n) is 9.42. The van der Waals surface area contributed by atoms with E-state index in [4.69, 9.17) is 4.74 Å². The highest BCUT2D eigenvalue weighted by molar-refractivity contribution is 6.33. The second-order valence-electron chi connectivity index (χ2n) is 6.15. The molecule has 1 aliphatic carbocycles. The molecule has 1 unspecified atom stereocenters. The Kier molecular flexibility index (Phi) is 10.7. The molecular weight excluding hydrogens is 348 g/mol. The van der Waals surface area contributed by atoms with Gasteiger partial charge in [-0.25, -0.2) is 4.79 Å². The SMILES string of the molecule is CCOC(=O)C(=O)CCc1ccccc1.CCOC(=O)C1CCCCC1=O. The third-order valence-electron chi connectivity index (χ3n) is 4.11. The minimum absolute atomic E-state index is 0.0553. The molecule has 1 aliphatic rings. The van der Waals surface area contributed by atoms with Crippen molar-refractivity contribution in [3.63, 3.8) is 0 Å². The zero-order valence-corrected chi connectivity index (χ0v) is 16.1. The number of esters is 2. The van der Waals surface area contributed by atoms with Gasteiger partial charge in [0.05, 0.1) is 13.2 Å². The number of ketones is 2. The average Bonchev–Trinajstić information content (AvgIpc) is 2.68. The van der Waals surface area contributed by atoms with Crippen LogP contribution in [0.3, 0.4) is 0 Å². The molecule has 0 radical (unpaired) electrons. The van der Waals surface area contributed by atoms with Crippen molar-refractivity contribution < 1.29 is 28.7 Å². The van der Waals surface area contributed by atoms with Crippen LogP contribution in [0, 0.1) is 5.92 Å². The maximum Gasteiger partial charge on any atom is 0.374 e. The van der Waals surface area contributed by atoms with Crippen LogP contribution in [0.2, 0.25) is 0 Å². The van der Waals surface area contributed by atoms with Crippen LogP contribution in [-0.4, -0.2) is 36.7 Å². The summed E-state index contributed by atoms with van der Waals surface area (Å²) in [4.78, 5) is 44.6. The summed E-state index contributed by atoms with van der Waals surface area (Å²) in [5, 5.41) is 0. The number of aryl methyl sites for hydroxylation is 1. The van der Waals surface area contributed by atoms with Gasteiger partial charge in [-0.1, -0.05) is 36.8 Å². The molecule has 1 fully saturated rings. The van der Waals surface area contributed by atoms with Crippen LogP contribution >= 0.6 is 0 Å². The van der Waals surface area contributed by atoms with E-state index < -0.39 is 17.7 Å². The molecule has 0 heterocycles. The molecule has 1 saturated carbocycles. The van der Waals surface area contributed by atoms with E-state index in [2.05, 4.69) is 4.74 Å². The van der Waals surface area contributed by atoms with Crippen molar-refractivity contribution in [1.82, 2.24) is 0 Å². The number of Topliss-reactive ketones (excluding diaryl/α,β-unsaturated/α-hetero) is 2. The molecule has 0 spiro atoms. The molecule has 6 heteroatoms. The summed E-state index contributed by atoms with van der Waals surface area (Å²) in [7, 11) is 0. The van der Waals surface area contributed by atoms with Gasteiger partial charge in [-0.15, -0.1) is 0 Å². The molecule has 1 aromatic rings. The van der Waals surface area contributed by atoms with Gasteiger partial charge in [-0.3, -0.25) is 14.4 Å². The first kappa shape index (κ1) is 22.5. The summed E-state index contributed by atoms with van der Waals surface area (Å²) in [5.74, 6) is -1.92. The van der Waals surface area contributed by atoms with Gasteiger partial charge in [-0.05, 0) is 38.7 Å². The number of ether oxygens (including phenoxy) is 2. The van der Waals surface area contributed by atoms with Crippen LogP contribution in [-0.2, 0) is 35.1 Å². The predicted octanol–water partition coefficient (Wildman–Crippen LogP) is 3.06. The molecule has 27 heavy (non-hydrogen) atoms. The zero-order valence-electron chi connectivity index (χ0n) is 16.1. The van der Waals surface area contributed by atoms with E-state index in [1.165, 1.54) is 0 Å². The van der Waals surface area contributed by atoms with Gasteiger partial charge in [0, 0.05) is 12.8 Å². The molecular formula is C21H28O6. The molecule has 0 aromatic heterocycles. The number of carbonyl (C=O) groups excluding carboxylic acids is 4. The Hall–Kier alpha value is -2.50. The van der Waals surface area contributed by atoms with Crippen molar-refractivity contribution in [2.45, 2.75) is 52.4 Å². The predicted molar refractivity (Wildman–Crippen MR) is 100 cm³/mol. The first-order valence-corrected chi connectivity index (χ1v) is 9.42.